The number of pyridine rings is 1. The van der Waals surface area contributed by atoms with E-state index in [1.807, 2.05) is 36.4 Å². The molecule has 31 heavy (non-hydrogen) atoms. The maximum absolute atomic E-state index is 6.16. The number of ether oxygens (including phenoxy) is 1. The van der Waals surface area contributed by atoms with Gasteiger partial charge in [-0.15, -0.1) is 10.2 Å². The Kier molecular flexibility index (Phi) is 5.19. The Morgan fingerprint density at radius 3 is 2.42 bits per heavy atom. The molecule has 0 unspecified atom stereocenters. The van der Waals surface area contributed by atoms with Gasteiger partial charge in [0.2, 0.25) is 5.13 Å². The zero-order chi connectivity index (χ0) is 21.4. The van der Waals surface area contributed by atoms with Gasteiger partial charge in [-0.2, -0.15) is 0 Å². The van der Waals surface area contributed by atoms with Gasteiger partial charge in [0.15, 0.2) is 11.6 Å². The van der Waals surface area contributed by atoms with Crippen molar-refractivity contribution in [3.05, 3.63) is 71.0 Å². The molecule has 0 spiro atoms. The molecule has 7 nitrogen and oxygen atoms in total. The Labute approximate surface area is 191 Å². The number of aromatic nitrogens is 5. The van der Waals surface area contributed by atoms with Crippen molar-refractivity contribution < 1.29 is 4.74 Å². The summed E-state index contributed by atoms with van der Waals surface area (Å²) in [7, 11) is 1.63. The van der Waals surface area contributed by atoms with E-state index in [-0.39, 0.29) is 0 Å². The highest BCUT2D eigenvalue weighted by Gasteiger charge is 2.18. The summed E-state index contributed by atoms with van der Waals surface area (Å²) in [4.78, 5) is 8.84. The highest BCUT2D eigenvalue weighted by atomic mass is 35.5. The van der Waals surface area contributed by atoms with Crippen molar-refractivity contribution in [2.45, 2.75) is 0 Å². The topological polar surface area (TPSA) is 77.8 Å². The number of nitrogens with zero attached hydrogens (tertiary/aromatic N) is 5. The second-order valence-corrected chi connectivity index (χ2v) is 8.36. The van der Waals surface area contributed by atoms with Crippen LogP contribution in [-0.2, 0) is 0 Å². The van der Waals surface area contributed by atoms with E-state index in [2.05, 4.69) is 25.6 Å². The smallest absolute Gasteiger partial charge is 0.203 e. The maximum atomic E-state index is 6.16. The minimum Gasteiger partial charge on any atom is -0.497 e. The molecule has 0 fully saturated rings. The van der Waals surface area contributed by atoms with Crippen LogP contribution < -0.4 is 10.2 Å². The molecule has 3 aromatic heterocycles. The zero-order valence-corrected chi connectivity index (χ0v) is 18.4. The molecule has 10 heteroatoms. The number of hydrogen-bond acceptors (Lipinski definition) is 7. The van der Waals surface area contributed by atoms with E-state index < -0.39 is 0 Å². The van der Waals surface area contributed by atoms with Gasteiger partial charge < -0.3 is 4.74 Å². The van der Waals surface area contributed by atoms with Gasteiger partial charge in [0.05, 0.1) is 27.4 Å². The quantitative estimate of drug-likeness (QED) is 0.350. The summed E-state index contributed by atoms with van der Waals surface area (Å²) in [6.45, 7) is 0. The zero-order valence-electron chi connectivity index (χ0n) is 16.1. The molecule has 0 atom stereocenters. The van der Waals surface area contributed by atoms with E-state index in [1.165, 1.54) is 11.3 Å². The number of benzene rings is 2. The highest BCUT2D eigenvalue weighted by Crippen LogP contribution is 2.34. The van der Waals surface area contributed by atoms with Gasteiger partial charge in [-0.25, -0.2) is 9.66 Å². The minimum absolute atomic E-state index is 0.463. The number of fused-ring (bicyclic) bond motifs is 1. The minimum atomic E-state index is 0.463. The molecule has 2 aromatic carbocycles. The molecule has 3 heterocycles. The van der Waals surface area contributed by atoms with Gasteiger partial charge in [0.1, 0.15) is 5.75 Å². The Morgan fingerprint density at radius 1 is 0.968 bits per heavy atom. The number of nitrogens with one attached hydrogen (secondary N) is 1. The number of halogens is 2. The molecule has 5 rings (SSSR count). The predicted molar refractivity (Wildman–Crippen MR) is 124 cm³/mol. The fourth-order valence-electron chi connectivity index (χ4n) is 3.07. The lowest BCUT2D eigenvalue weighted by Crippen LogP contribution is -2.12. The van der Waals surface area contributed by atoms with Crippen molar-refractivity contribution >= 4 is 49.9 Å². The third-order valence-corrected chi connectivity index (χ3v) is 6.21. The molecule has 1 N–H and O–H groups in total. The van der Waals surface area contributed by atoms with Crippen molar-refractivity contribution in [2.24, 2.45) is 0 Å². The summed E-state index contributed by atoms with van der Waals surface area (Å²) in [5.41, 5.74) is 5.76. The first-order valence-corrected chi connectivity index (χ1v) is 10.7. The molecular formula is C21H14Cl2N6OS. The lowest BCUT2D eigenvalue weighted by atomic mass is 10.2. The SMILES string of the molecule is COc1ccc(-c2nnc(-c3cccnc3)n2Nc2nc3cc(Cl)c(Cl)cc3s2)cc1. The molecule has 0 bridgehead atoms. The van der Waals surface area contributed by atoms with Crippen molar-refractivity contribution in [3.8, 4) is 28.5 Å². The van der Waals surface area contributed by atoms with Crippen LogP contribution in [0.3, 0.4) is 0 Å². The third kappa shape index (κ3) is 3.81. The normalized spacial score (nSPS) is 11.1. The average molecular weight is 469 g/mol. The molecule has 5 aromatic rings. The van der Waals surface area contributed by atoms with Crippen LogP contribution in [0.5, 0.6) is 5.75 Å². The van der Waals surface area contributed by atoms with Crippen LogP contribution in [0.25, 0.3) is 33.0 Å². The Morgan fingerprint density at radius 2 is 1.71 bits per heavy atom. The molecule has 0 aliphatic heterocycles. The summed E-state index contributed by atoms with van der Waals surface area (Å²) < 4.78 is 7.97. The van der Waals surface area contributed by atoms with Gasteiger partial charge in [-0.05, 0) is 48.5 Å². The molecule has 0 aliphatic rings. The largest absolute Gasteiger partial charge is 0.497 e. The van der Waals surface area contributed by atoms with E-state index in [4.69, 9.17) is 27.9 Å². The van der Waals surface area contributed by atoms with Crippen LogP contribution in [0, 0.1) is 0 Å². The van der Waals surface area contributed by atoms with Gasteiger partial charge in [0.25, 0.3) is 0 Å². The van der Waals surface area contributed by atoms with E-state index in [1.54, 1.807) is 36.3 Å². The van der Waals surface area contributed by atoms with E-state index in [9.17, 15) is 0 Å². The van der Waals surface area contributed by atoms with Crippen LogP contribution >= 0.6 is 34.5 Å². The van der Waals surface area contributed by atoms with Crippen LogP contribution in [0.1, 0.15) is 0 Å². The predicted octanol–water partition coefficient (Wildman–Crippen LogP) is 5.81. The highest BCUT2D eigenvalue weighted by molar-refractivity contribution is 7.22. The van der Waals surface area contributed by atoms with Gasteiger partial charge in [-0.1, -0.05) is 34.5 Å². The van der Waals surface area contributed by atoms with Gasteiger partial charge >= 0.3 is 0 Å². The van der Waals surface area contributed by atoms with Crippen LogP contribution in [0.15, 0.2) is 60.9 Å². The monoisotopic (exact) mass is 468 g/mol. The van der Waals surface area contributed by atoms with E-state index in [0.29, 0.717) is 26.8 Å². The average Bonchev–Trinajstić information content (AvgIpc) is 3.38. The Hall–Kier alpha value is -3.20. The first kappa shape index (κ1) is 19.7. The molecule has 0 saturated carbocycles. The first-order valence-electron chi connectivity index (χ1n) is 9.15. The second-order valence-electron chi connectivity index (χ2n) is 6.52. The van der Waals surface area contributed by atoms with Crippen molar-refractivity contribution in [2.75, 3.05) is 12.5 Å². The fraction of sp³-hybridized carbons (Fsp3) is 0.0476. The number of anilines is 1. The second kappa shape index (κ2) is 8.14. The number of methoxy groups -OCH3 is 1. The van der Waals surface area contributed by atoms with Crippen LogP contribution in [0.2, 0.25) is 10.0 Å². The lowest BCUT2D eigenvalue weighted by Gasteiger charge is -2.11. The number of thiazole rings is 1. The standard InChI is InChI=1S/C21H14Cl2N6OS/c1-30-14-6-4-12(5-7-14)19-26-27-20(13-3-2-8-24-11-13)29(19)28-21-25-17-9-15(22)16(23)10-18(17)31-21/h2-11H,1H3,(H,25,28). The summed E-state index contributed by atoms with van der Waals surface area (Å²) in [6, 6.07) is 14.9. The Bertz CT molecular complexity index is 1330. The van der Waals surface area contributed by atoms with Crippen molar-refractivity contribution in [1.82, 2.24) is 24.8 Å². The fourth-order valence-corrected chi connectivity index (χ4v) is 4.33. The van der Waals surface area contributed by atoms with Crippen molar-refractivity contribution in [3.63, 3.8) is 0 Å². The third-order valence-electron chi connectivity index (χ3n) is 4.57. The van der Waals surface area contributed by atoms with Gasteiger partial charge in [-0.3, -0.25) is 10.4 Å². The number of hydrogen-bond donors (Lipinski definition) is 1. The van der Waals surface area contributed by atoms with E-state index >= 15 is 0 Å². The number of rotatable bonds is 5. The molecule has 0 radical (unpaired) electrons. The lowest BCUT2D eigenvalue weighted by molar-refractivity contribution is 0.415. The molecule has 154 valence electrons. The van der Waals surface area contributed by atoms with Crippen LogP contribution in [-0.4, -0.2) is 32.0 Å². The summed E-state index contributed by atoms with van der Waals surface area (Å²) in [5.74, 6) is 1.99. The van der Waals surface area contributed by atoms with Gasteiger partial charge in [0, 0.05) is 23.5 Å². The molecular weight excluding hydrogens is 455 g/mol. The van der Waals surface area contributed by atoms with E-state index in [0.717, 1.165) is 27.1 Å². The summed E-state index contributed by atoms with van der Waals surface area (Å²) in [5, 5.41) is 10.4. The summed E-state index contributed by atoms with van der Waals surface area (Å²) in [6.07, 6.45) is 3.45. The maximum Gasteiger partial charge on any atom is 0.203 e. The molecule has 0 aliphatic carbocycles. The first-order chi connectivity index (χ1) is 15.1. The van der Waals surface area contributed by atoms with Crippen molar-refractivity contribution in [1.29, 1.82) is 0 Å². The molecule has 0 amide bonds. The summed E-state index contributed by atoms with van der Waals surface area (Å²) >= 11 is 13.8. The Balaban J connectivity index is 1.62. The molecule has 0 saturated heterocycles. The van der Waals surface area contributed by atoms with Crippen LogP contribution in [0.4, 0.5) is 5.13 Å².